The van der Waals surface area contributed by atoms with Gasteiger partial charge in [0.1, 0.15) is 6.04 Å². The molecular weight excluding hydrogens is 266 g/mol. The van der Waals surface area contributed by atoms with Gasteiger partial charge in [0.05, 0.1) is 6.42 Å². The van der Waals surface area contributed by atoms with Gasteiger partial charge in [-0.05, 0) is 24.1 Å². The van der Waals surface area contributed by atoms with E-state index in [0.717, 1.165) is 12.1 Å². The van der Waals surface area contributed by atoms with Crippen molar-refractivity contribution < 1.29 is 18.4 Å². The van der Waals surface area contributed by atoms with E-state index < -0.39 is 17.7 Å². The highest BCUT2D eigenvalue weighted by atomic mass is 19.2. The molecule has 1 atom stereocenters. The minimum Gasteiger partial charge on any atom is -0.353 e. The average molecular weight is 282 g/mol. The van der Waals surface area contributed by atoms with E-state index in [2.05, 4.69) is 5.32 Å². The maximum atomic E-state index is 13.1. The average Bonchev–Trinajstić information content (AvgIpc) is 2.42. The number of hydrogen-bond donors (Lipinski definition) is 1. The third kappa shape index (κ3) is 2.95. The van der Waals surface area contributed by atoms with E-state index in [1.807, 2.05) is 6.92 Å². The lowest BCUT2D eigenvalue weighted by molar-refractivity contribution is -0.142. The fraction of sp³-hybridized carbons (Fsp3) is 0.429. The summed E-state index contributed by atoms with van der Waals surface area (Å²) in [6.07, 6.45) is 0.482. The number of amides is 2. The van der Waals surface area contributed by atoms with Crippen molar-refractivity contribution in [2.75, 3.05) is 13.1 Å². The smallest absolute Gasteiger partial charge is 0.242 e. The van der Waals surface area contributed by atoms with Crippen LogP contribution in [0.25, 0.3) is 0 Å². The maximum absolute atomic E-state index is 13.1. The van der Waals surface area contributed by atoms with Gasteiger partial charge in [0.25, 0.3) is 0 Å². The van der Waals surface area contributed by atoms with Gasteiger partial charge in [-0.2, -0.15) is 0 Å². The molecule has 1 N–H and O–H groups in total. The fourth-order valence-corrected chi connectivity index (χ4v) is 2.34. The molecule has 4 nitrogen and oxygen atoms in total. The third-order valence-corrected chi connectivity index (χ3v) is 3.38. The van der Waals surface area contributed by atoms with Crippen LogP contribution in [0, 0.1) is 11.6 Å². The molecule has 0 aliphatic carbocycles. The van der Waals surface area contributed by atoms with E-state index in [1.54, 1.807) is 0 Å². The molecule has 2 rings (SSSR count). The zero-order chi connectivity index (χ0) is 14.7. The summed E-state index contributed by atoms with van der Waals surface area (Å²) in [5.41, 5.74) is 0.398. The minimum absolute atomic E-state index is 0.0407. The number of rotatable bonds is 3. The number of nitrogens with one attached hydrogen (secondary N) is 1. The standard InChI is InChI=1S/C14H16F2N2O2/c1-2-12-14(20)17-5-6-18(12)13(19)8-9-3-4-10(15)11(16)7-9/h3-4,7,12H,2,5-6,8H2,1H3,(H,17,20). The molecule has 0 bridgehead atoms. The van der Waals surface area contributed by atoms with Crippen molar-refractivity contribution >= 4 is 11.8 Å². The first-order valence-electron chi connectivity index (χ1n) is 6.54. The molecule has 108 valence electrons. The molecule has 1 aromatic carbocycles. The lowest BCUT2D eigenvalue weighted by Gasteiger charge is -2.34. The Labute approximate surface area is 115 Å². The number of carbonyl (C=O) groups excluding carboxylic acids is 2. The van der Waals surface area contributed by atoms with Crippen molar-refractivity contribution in [1.29, 1.82) is 0 Å². The Morgan fingerprint density at radius 3 is 2.80 bits per heavy atom. The summed E-state index contributed by atoms with van der Waals surface area (Å²) < 4.78 is 25.9. The topological polar surface area (TPSA) is 49.4 Å². The van der Waals surface area contributed by atoms with Gasteiger partial charge in [0, 0.05) is 13.1 Å². The van der Waals surface area contributed by atoms with Crippen LogP contribution in [-0.4, -0.2) is 35.8 Å². The molecule has 20 heavy (non-hydrogen) atoms. The van der Waals surface area contributed by atoms with Crippen molar-refractivity contribution in [3.63, 3.8) is 0 Å². The number of hydrogen-bond acceptors (Lipinski definition) is 2. The van der Waals surface area contributed by atoms with Crippen molar-refractivity contribution in [1.82, 2.24) is 10.2 Å². The van der Waals surface area contributed by atoms with Crippen LogP contribution in [0.3, 0.4) is 0 Å². The number of carbonyl (C=O) groups is 2. The Bertz CT molecular complexity index is 534. The normalized spacial score (nSPS) is 18.9. The largest absolute Gasteiger partial charge is 0.353 e. The van der Waals surface area contributed by atoms with Gasteiger partial charge in [-0.3, -0.25) is 9.59 Å². The first-order valence-corrected chi connectivity index (χ1v) is 6.54. The minimum atomic E-state index is -0.973. The zero-order valence-electron chi connectivity index (χ0n) is 11.2. The summed E-state index contributed by atoms with van der Waals surface area (Å²) in [6.45, 7) is 2.68. The molecular formula is C14H16F2N2O2. The van der Waals surface area contributed by atoms with Crippen LogP contribution in [0.4, 0.5) is 8.78 Å². The molecule has 0 spiro atoms. The summed E-state index contributed by atoms with van der Waals surface area (Å²) in [6, 6.07) is 2.90. The van der Waals surface area contributed by atoms with E-state index in [4.69, 9.17) is 0 Å². The first-order chi connectivity index (χ1) is 9.52. The molecule has 2 amide bonds. The monoisotopic (exact) mass is 282 g/mol. The molecule has 1 aliphatic heterocycles. The molecule has 1 saturated heterocycles. The van der Waals surface area contributed by atoms with E-state index >= 15 is 0 Å². The summed E-state index contributed by atoms with van der Waals surface area (Å²) in [4.78, 5) is 25.4. The van der Waals surface area contributed by atoms with Crippen LogP contribution in [0.15, 0.2) is 18.2 Å². The first kappa shape index (κ1) is 14.4. The van der Waals surface area contributed by atoms with E-state index in [1.165, 1.54) is 11.0 Å². The highest BCUT2D eigenvalue weighted by Gasteiger charge is 2.31. The molecule has 0 saturated carbocycles. The van der Waals surface area contributed by atoms with Gasteiger partial charge in [0.15, 0.2) is 11.6 Å². The van der Waals surface area contributed by atoms with Gasteiger partial charge >= 0.3 is 0 Å². The summed E-state index contributed by atoms with van der Waals surface area (Å²) in [5.74, 6) is -2.33. The highest BCUT2D eigenvalue weighted by Crippen LogP contribution is 2.14. The van der Waals surface area contributed by atoms with Gasteiger partial charge in [-0.1, -0.05) is 13.0 Å². The van der Waals surface area contributed by atoms with Crippen LogP contribution >= 0.6 is 0 Å². The molecule has 6 heteroatoms. The van der Waals surface area contributed by atoms with Gasteiger partial charge in [-0.15, -0.1) is 0 Å². The summed E-state index contributed by atoms with van der Waals surface area (Å²) in [7, 11) is 0. The third-order valence-electron chi connectivity index (χ3n) is 3.38. The fourth-order valence-electron chi connectivity index (χ4n) is 2.34. The van der Waals surface area contributed by atoms with Gasteiger partial charge in [-0.25, -0.2) is 8.78 Å². The van der Waals surface area contributed by atoms with E-state index in [0.29, 0.717) is 25.1 Å². The molecule has 1 fully saturated rings. The van der Waals surface area contributed by atoms with Crippen LogP contribution in [0.2, 0.25) is 0 Å². The number of halogens is 2. The Morgan fingerprint density at radius 1 is 1.40 bits per heavy atom. The maximum Gasteiger partial charge on any atom is 0.242 e. The quantitative estimate of drug-likeness (QED) is 0.907. The van der Waals surface area contributed by atoms with Crippen molar-refractivity contribution in [3.05, 3.63) is 35.4 Å². The van der Waals surface area contributed by atoms with E-state index in [9.17, 15) is 18.4 Å². The van der Waals surface area contributed by atoms with Crippen molar-refractivity contribution in [2.24, 2.45) is 0 Å². The SMILES string of the molecule is CCC1C(=O)NCCN1C(=O)Cc1ccc(F)c(F)c1. The van der Waals surface area contributed by atoms with Crippen LogP contribution in [0.5, 0.6) is 0 Å². The molecule has 1 aromatic rings. The van der Waals surface area contributed by atoms with Crippen LogP contribution in [-0.2, 0) is 16.0 Å². The van der Waals surface area contributed by atoms with Crippen molar-refractivity contribution in [3.8, 4) is 0 Å². The second-order valence-corrected chi connectivity index (χ2v) is 4.73. The lowest BCUT2D eigenvalue weighted by atomic mass is 10.1. The number of benzene rings is 1. The number of nitrogens with zero attached hydrogens (tertiary/aromatic N) is 1. The Morgan fingerprint density at radius 2 is 2.15 bits per heavy atom. The Kier molecular flexibility index (Phi) is 4.32. The Balaban J connectivity index is 2.10. The zero-order valence-corrected chi connectivity index (χ0v) is 11.2. The van der Waals surface area contributed by atoms with Crippen LogP contribution in [0.1, 0.15) is 18.9 Å². The Hall–Kier alpha value is -1.98. The van der Waals surface area contributed by atoms with Crippen molar-refractivity contribution in [2.45, 2.75) is 25.8 Å². The lowest BCUT2D eigenvalue weighted by Crippen LogP contribution is -2.57. The molecule has 0 aromatic heterocycles. The molecule has 1 unspecified atom stereocenters. The molecule has 1 aliphatic rings. The van der Waals surface area contributed by atoms with Gasteiger partial charge in [0.2, 0.25) is 11.8 Å². The second-order valence-electron chi connectivity index (χ2n) is 4.73. The predicted molar refractivity (Wildman–Crippen MR) is 68.9 cm³/mol. The molecule has 1 heterocycles. The summed E-state index contributed by atoms with van der Waals surface area (Å²) >= 11 is 0. The predicted octanol–water partition coefficient (Wildman–Crippen LogP) is 1.24. The highest BCUT2D eigenvalue weighted by molar-refractivity contribution is 5.89. The van der Waals surface area contributed by atoms with E-state index in [-0.39, 0.29) is 18.2 Å². The van der Waals surface area contributed by atoms with Crippen LogP contribution < -0.4 is 5.32 Å². The second kappa shape index (κ2) is 5.98. The number of piperazine rings is 1. The summed E-state index contributed by atoms with van der Waals surface area (Å²) in [5, 5.41) is 2.71. The van der Waals surface area contributed by atoms with Gasteiger partial charge < -0.3 is 10.2 Å². The molecule has 0 radical (unpaired) electrons.